The number of rotatable bonds is 5. The number of carbonyl (C=O) groups excluding carboxylic acids is 2. The van der Waals surface area contributed by atoms with Gasteiger partial charge in [0.1, 0.15) is 28.6 Å². The van der Waals surface area contributed by atoms with Crippen LogP contribution in [0.25, 0.3) is 6.08 Å². The zero-order chi connectivity index (χ0) is 17.0. The SMILES string of the molecule is COC(=O)c1cc(CN(C)C(=O)/C=C/c2ccc(C)o2)oc1C. The summed E-state index contributed by atoms with van der Waals surface area (Å²) in [4.78, 5) is 25.1. The summed E-state index contributed by atoms with van der Waals surface area (Å²) in [5, 5.41) is 0. The van der Waals surface area contributed by atoms with Crippen LogP contribution < -0.4 is 0 Å². The molecule has 0 radical (unpaired) electrons. The highest BCUT2D eigenvalue weighted by Crippen LogP contribution is 2.17. The zero-order valence-corrected chi connectivity index (χ0v) is 13.6. The van der Waals surface area contributed by atoms with Gasteiger partial charge >= 0.3 is 5.97 Å². The lowest BCUT2D eigenvalue weighted by Gasteiger charge is -2.12. The summed E-state index contributed by atoms with van der Waals surface area (Å²) in [6.07, 6.45) is 3.04. The van der Waals surface area contributed by atoms with Gasteiger partial charge in [0.25, 0.3) is 0 Å². The molecule has 2 aromatic rings. The van der Waals surface area contributed by atoms with Crippen LogP contribution in [0.15, 0.2) is 33.1 Å². The summed E-state index contributed by atoms with van der Waals surface area (Å²) in [7, 11) is 2.96. The monoisotopic (exact) mass is 317 g/mol. The van der Waals surface area contributed by atoms with Crippen molar-refractivity contribution in [1.82, 2.24) is 4.90 Å². The maximum Gasteiger partial charge on any atom is 0.341 e. The van der Waals surface area contributed by atoms with Gasteiger partial charge in [-0.1, -0.05) is 0 Å². The number of nitrogens with zero attached hydrogens (tertiary/aromatic N) is 1. The Hall–Kier alpha value is -2.76. The Morgan fingerprint density at radius 1 is 1.26 bits per heavy atom. The van der Waals surface area contributed by atoms with E-state index >= 15 is 0 Å². The highest BCUT2D eigenvalue weighted by molar-refractivity contribution is 5.91. The van der Waals surface area contributed by atoms with Gasteiger partial charge in [-0.15, -0.1) is 0 Å². The van der Waals surface area contributed by atoms with Gasteiger partial charge in [-0.2, -0.15) is 0 Å². The fraction of sp³-hybridized carbons (Fsp3) is 0.294. The molecule has 0 atom stereocenters. The highest BCUT2D eigenvalue weighted by Gasteiger charge is 2.17. The van der Waals surface area contributed by atoms with E-state index in [4.69, 9.17) is 8.83 Å². The van der Waals surface area contributed by atoms with Crippen LogP contribution in [0.3, 0.4) is 0 Å². The Balaban J connectivity index is 2.01. The normalized spacial score (nSPS) is 11.0. The van der Waals surface area contributed by atoms with Crippen molar-refractivity contribution in [3.05, 3.63) is 52.9 Å². The fourth-order valence-electron chi connectivity index (χ4n) is 2.07. The van der Waals surface area contributed by atoms with E-state index in [0.717, 1.165) is 5.76 Å². The molecule has 6 heteroatoms. The van der Waals surface area contributed by atoms with E-state index in [-0.39, 0.29) is 12.5 Å². The van der Waals surface area contributed by atoms with Gasteiger partial charge in [-0.05, 0) is 38.1 Å². The fourth-order valence-corrected chi connectivity index (χ4v) is 2.07. The lowest BCUT2D eigenvalue weighted by Crippen LogP contribution is -2.23. The molecule has 0 aromatic carbocycles. The van der Waals surface area contributed by atoms with Crippen molar-refractivity contribution in [3.8, 4) is 0 Å². The smallest absolute Gasteiger partial charge is 0.341 e. The standard InChI is InChI=1S/C17H19NO5/c1-11-5-6-13(22-11)7-8-16(19)18(3)10-14-9-15(12(2)23-14)17(20)21-4/h5-9H,10H2,1-4H3/b8-7+. The molecule has 0 aliphatic rings. The number of likely N-dealkylation sites (N-methyl/N-ethyl adjacent to an activating group) is 1. The molecule has 0 saturated carbocycles. The Bertz CT molecular complexity index is 738. The van der Waals surface area contributed by atoms with E-state index < -0.39 is 5.97 Å². The average molecular weight is 317 g/mol. The van der Waals surface area contributed by atoms with Gasteiger partial charge in [0.05, 0.1) is 13.7 Å². The number of aryl methyl sites for hydroxylation is 2. The molecule has 0 bridgehead atoms. The van der Waals surface area contributed by atoms with Crippen molar-refractivity contribution in [2.45, 2.75) is 20.4 Å². The van der Waals surface area contributed by atoms with Gasteiger partial charge in [-0.25, -0.2) is 4.79 Å². The summed E-state index contributed by atoms with van der Waals surface area (Å²) in [6.45, 7) is 3.76. The second-order valence-corrected chi connectivity index (χ2v) is 5.15. The molecule has 2 rings (SSSR count). The lowest BCUT2D eigenvalue weighted by molar-refractivity contribution is -0.125. The zero-order valence-electron chi connectivity index (χ0n) is 13.6. The third-order valence-electron chi connectivity index (χ3n) is 3.29. The number of amides is 1. The molecular formula is C17H19NO5. The average Bonchev–Trinajstić information content (AvgIpc) is 3.09. The summed E-state index contributed by atoms with van der Waals surface area (Å²) in [5.41, 5.74) is 0.366. The minimum atomic E-state index is -0.459. The van der Waals surface area contributed by atoms with Crippen molar-refractivity contribution in [1.29, 1.82) is 0 Å². The third kappa shape index (κ3) is 4.12. The molecule has 122 valence electrons. The topological polar surface area (TPSA) is 72.9 Å². The molecule has 2 aromatic heterocycles. The Morgan fingerprint density at radius 2 is 2.00 bits per heavy atom. The number of carbonyl (C=O) groups is 2. The van der Waals surface area contributed by atoms with Crippen LogP contribution in [0.2, 0.25) is 0 Å². The Kier molecular flexibility index (Phi) is 5.05. The molecule has 6 nitrogen and oxygen atoms in total. The predicted octanol–water partition coefficient (Wildman–Crippen LogP) is 2.95. The molecule has 0 aliphatic carbocycles. The van der Waals surface area contributed by atoms with E-state index in [1.165, 1.54) is 18.1 Å². The summed E-state index contributed by atoms with van der Waals surface area (Å²) < 4.78 is 15.5. The molecule has 0 N–H and O–H groups in total. The number of hydrogen-bond donors (Lipinski definition) is 0. The first-order chi connectivity index (χ1) is 10.9. The minimum Gasteiger partial charge on any atom is -0.465 e. The van der Waals surface area contributed by atoms with Crippen LogP contribution in [0.5, 0.6) is 0 Å². The van der Waals surface area contributed by atoms with E-state index in [1.54, 1.807) is 32.2 Å². The van der Waals surface area contributed by atoms with Gasteiger partial charge in [-0.3, -0.25) is 4.79 Å². The van der Waals surface area contributed by atoms with Gasteiger partial charge in [0.15, 0.2) is 0 Å². The van der Waals surface area contributed by atoms with E-state index in [2.05, 4.69) is 4.74 Å². The first-order valence-electron chi connectivity index (χ1n) is 7.08. The number of methoxy groups -OCH3 is 1. The molecular weight excluding hydrogens is 298 g/mol. The predicted molar refractivity (Wildman–Crippen MR) is 83.7 cm³/mol. The molecule has 2 heterocycles. The quantitative estimate of drug-likeness (QED) is 0.626. The molecule has 23 heavy (non-hydrogen) atoms. The minimum absolute atomic E-state index is 0.201. The second kappa shape index (κ2) is 7.00. The van der Waals surface area contributed by atoms with Crippen LogP contribution >= 0.6 is 0 Å². The van der Waals surface area contributed by atoms with E-state index in [9.17, 15) is 9.59 Å². The molecule has 0 aliphatic heterocycles. The molecule has 0 fully saturated rings. The number of ether oxygens (including phenoxy) is 1. The van der Waals surface area contributed by atoms with Crippen LogP contribution in [-0.2, 0) is 16.1 Å². The van der Waals surface area contributed by atoms with Gasteiger partial charge in [0, 0.05) is 13.1 Å². The van der Waals surface area contributed by atoms with Crippen LogP contribution in [0.4, 0.5) is 0 Å². The number of esters is 1. The van der Waals surface area contributed by atoms with Crippen LogP contribution in [0, 0.1) is 13.8 Å². The van der Waals surface area contributed by atoms with Crippen molar-refractivity contribution in [3.63, 3.8) is 0 Å². The van der Waals surface area contributed by atoms with E-state index in [0.29, 0.717) is 22.8 Å². The van der Waals surface area contributed by atoms with Crippen LogP contribution in [-0.4, -0.2) is 30.9 Å². The molecule has 1 amide bonds. The van der Waals surface area contributed by atoms with Crippen LogP contribution in [0.1, 0.15) is 33.4 Å². The summed E-state index contributed by atoms with van der Waals surface area (Å²) in [5.74, 6) is 1.72. The first kappa shape index (κ1) is 16.6. The van der Waals surface area contributed by atoms with Gasteiger partial charge < -0.3 is 18.5 Å². The van der Waals surface area contributed by atoms with Crippen molar-refractivity contribution in [2.24, 2.45) is 0 Å². The maximum absolute atomic E-state index is 12.1. The van der Waals surface area contributed by atoms with Crippen molar-refractivity contribution in [2.75, 3.05) is 14.2 Å². The molecule has 0 saturated heterocycles. The molecule has 0 unspecified atom stereocenters. The third-order valence-corrected chi connectivity index (χ3v) is 3.29. The van der Waals surface area contributed by atoms with E-state index in [1.807, 2.05) is 13.0 Å². The highest BCUT2D eigenvalue weighted by atomic mass is 16.5. The Labute approximate surface area is 134 Å². The first-order valence-corrected chi connectivity index (χ1v) is 7.08. The summed E-state index contributed by atoms with van der Waals surface area (Å²) >= 11 is 0. The largest absolute Gasteiger partial charge is 0.465 e. The van der Waals surface area contributed by atoms with Gasteiger partial charge in [0.2, 0.25) is 5.91 Å². The second-order valence-electron chi connectivity index (χ2n) is 5.15. The van der Waals surface area contributed by atoms with Crippen molar-refractivity contribution < 1.29 is 23.2 Å². The number of furan rings is 2. The number of hydrogen-bond acceptors (Lipinski definition) is 5. The Morgan fingerprint density at radius 3 is 2.61 bits per heavy atom. The lowest BCUT2D eigenvalue weighted by atomic mass is 10.2. The molecule has 0 spiro atoms. The van der Waals surface area contributed by atoms with Crippen molar-refractivity contribution >= 4 is 18.0 Å². The maximum atomic E-state index is 12.1. The summed E-state index contributed by atoms with van der Waals surface area (Å²) in [6, 6.07) is 5.20.